The summed E-state index contributed by atoms with van der Waals surface area (Å²) in [5, 5.41) is 3.16. The van der Waals surface area contributed by atoms with Crippen LogP contribution >= 0.6 is 0 Å². The predicted octanol–water partition coefficient (Wildman–Crippen LogP) is 6.20. The van der Waals surface area contributed by atoms with E-state index in [4.69, 9.17) is 0 Å². The van der Waals surface area contributed by atoms with Gasteiger partial charge in [0.25, 0.3) is 0 Å². The third kappa shape index (κ3) is 6.15. The highest BCUT2D eigenvalue weighted by molar-refractivity contribution is 5.77. The Morgan fingerprint density at radius 2 is 1.91 bits per heavy atom. The molecule has 2 aromatic heterocycles. The lowest BCUT2D eigenvalue weighted by Gasteiger charge is -2.16. The second kappa shape index (κ2) is 10.2. The number of hydrogen-bond acceptors (Lipinski definition) is 4. The standard InChI is InChI=1S/C24H23F4N5/c1-4-6-17(7-5-2)16(3)31-23-29-13-12-20(32-23)22-21(18-8-10-19(25)11-9-18)30-15-33(22)14-24(26,27)28/h4-13,15-16H,1,14H2,2-3H3,(H,29,31,32)/b7-5-,17-6+. The zero-order valence-electron chi connectivity index (χ0n) is 18.1. The normalized spacial score (nSPS) is 13.3. The Hall–Kier alpha value is -3.75. The van der Waals surface area contributed by atoms with Crippen molar-refractivity contribution in [3.05, 3.63) is 85.1 Å². The minimum absolute atomic E-state index is 0.160. The van der Waals surface area contributed by atoms with Crippen LogP contribution in [0.25, 0.3) is 22.6 Å². The molecule has 3 rings (SSSR count). The SMILES string of the molecule is C=C/C=C(\C=C/C)C(C)Nc1nccc(-c2c(-c3ccc(F)cc3)ncn2CC(F)(F)F)n1. The molecule has 1 unspecified atom stereocenters. The Labute approximate surface area is 189 Å². The summed E-state index contributed by atoms with van der Waals surface area (Å²) in [4.78, 5) is 12.8. The molecule has 3 aromatic rings. The number of nitrogens with zero attached hydrogens (tertiary/aromatic N) is 4. The number of hydrogen-bond donors (Lipinski definition) is 1. The topological polar surface area (TPSA) is 55.6 Å². The molecule has 0 saturated carbocycles. The van der Waals surface area contributed by atoms with Gasteiger partial charge in [-0.15, -0.1) is 0 Å². The predicted molar refractivity (Wildman–Crippen MR) is 121 cm³/mol. The summed E-state index contributed by atoms with van der Waals surface area (Å²) in [6, 6.07) is 6.71. The molecule has 0 saturated heterocycles. The number of allylic oxidation sites excluding steroid dienone is 3. The van der Waals surface area contributed by atoms with Crippen LogP contribution in [-0.4, -0.2) is 31.7 Å². The summed E-state index contributed by atoms with van der Waals surface area (Å²) >= 11 is 0. The summed E-state index contributed by atoms with van der Waals surface area (Å²) in [7, 11) is 0. The summed E-state index contributed by atoms with van der Waals surface area (Å²) in [6.07, 6.45) is 5.40. The van der Waals surface area contributed by atoms with Crippen LogP contribution < -0.4 is 5.32 Å². The minimum atomic E-state index is -4.46. The fraction of sp³-hybridized carbons (Fsp3) is 0.208. The summed E-state index contributed by atoms with van der Waals surface area (Å²) < 4.78 is 54.0. The molecule has 0 bridgehead atoms. The van der Waals surface area contributed by atoms with Gasteiger partial charge in [-0.05, 0) is 49.8 Å². The van der Waals surface area contributed by atoms with Gasteiger partial charge in [-0.2, -0.15) is 13.2 Å². The van der Waals surface area contributed by atoms with Crippen molar-refractivity contribution in [2.24, 2.45) is 0 Å². The van der Waals surface area contributed by atoms with Gasteiger partial charge in [0.2, 0.25) is 5.95 Å². The van der Waals surface area contributed by atoms with E-state index in [0.717, 1.165) is 16.5 Å². The quantitative estimate of drug-likeness (QED) is 0.323. The van der Waals surface area contributed by atoms with Crippen LogP contribution in [0, 0.1) is 5.82 Å². The van der Waals surface area contributed by atoms with E-state index < -0.39 is 18.5 Å². The molecule has 1 atom stereocenters. The summed E-state index contributed by atoms with van der Waals surface area (Å²) in [6.45, 7) is 6.26. The molecule has 1 N–H and O–H groups in total. The van der Waals surface area contributed by atoms with Crippen molar-refractivity contribution in [2.45, 2.75) is 32.6 Å². The van der Waals surface area contributed by atoms with Crippen LogP contribution in [0.5, 0.6) is 0 Å². The van der Waals surface area contributed by atoms with Gasteiger partial charge in [0.05, 0.1) is 29.5 Å². The summed E-state index contributed by atoms with van der Waals surface area (Å²) in [5.74, 6) is -0.216. The number of benzene rings is 1. The number of nitrogens with one attached hydrogen (secondary N) is 1. The smallest absolute Gasteiger partial charge is 0.348 e. The molecule has 33 heavy (non-hydrogen) atoms. The van der Waals surface area contributed by atoms with E-state index in [2.05, 4.69) is 26.8 Å². The first-order chi connectivity index (χ1) is 15.7. The van der Waals surface area contributed by atoms with Crippen LogP contribution in [0.2, 0.25) is 0 Å². The van der Waals surface area contributed by atoms with Gasteiger partial charge >= 0.3 is 6.18 Å². The first kappa shape index (κ1) is 23.9. The van der Waals surface area contributed by atoms with Gasteiger partial charge in [-0.1, -0.05) is 30.9 Å². The van der Waals surface area contributed by atoms with Crippen molar-refractivity contribution in [1.82, 2.24) is 19.5 Å². The second-order valence-corrected chi connectivity index (χ2v) is 7.23. The Bertz CT molecular complexity index is 1160. The fourth-order valence-electron chi connectivity index (χ4n) is 3.29. The maximum atomic E-state index is 13.4. The number of anilines is 1. The molecule has 0 amide bonds. The maximum absolute atomic E-state index is 13.4. The number of rotatable bonds is 8. The highest BCUT2D eigenvalue weighted by atomic mass is 19.4. The lowest BCUT2D eigenvalue weighted by atomic mass is 10.1. The average molecular weight is 457 g/mol. The fourth-order valence-corrected chi connectivity index (χ4v) is 3.29. The Morgan fingerprint density at radius 1 is 1.18 bits per heavy atom. The first-order valence-corrected chi connectivity index (χ1v) is 10.1. The maximum Gasteiger partial charge on any atom is 0.406 e. The van der Waals surface area contributed by atoms with Crippen molar-refractivity contribution in [3.8, 4) is 22.6 Å². The lowest BCUT2D eigenvalue weighted by molar-refractivity contribution is -0.140. The van der Waals surface area contributed by atoms with Crippen LogP contribution in [0.3, 0.4) is 0 Å². The van der Waals surface area contributed by atoms with E-state index in [9.17, 15) is 17.6 Å². The largest absolute Gasteiger partial charge is 0.406 e. The molecule has 0 aliphatic rings. The van der Waals surface area contributed by atoms with Crippen LogP contribution in [0.15, 0.2) is 79.3 Å². The third-order valence-electron chi connectivity index (χ3n) is 4.72. The van der Waals surface area contributed by atoms with E-state index in [0.29, 0.717) is 5.56 Å². The van der Waals surface area contributed by atoms with Crippen LogP contribution in [0.1, 0.15) is 13.8 Å². The molecular formula is C24H23F4N5. The molecular weight excluding hydrogens is 434 g/mol. The highest BCUT2D eigenvalue weighted by Gasteiger charge is 2.30. The van der Waals surface area contributed by atoms with E-state index in [1.165, 1.54) is 36.5 Å². The van der Waals surface area contributed by atoms with Crippen molar-refractivity contribution in [1.29, 1.82) is 0 Å². The molecule has 0 aliphatic heterocycles. The van der Waals surface area contributed by atoms with Gasteiger partial charge in [0.15, 0.2) is 0 Å². The van der Waals surface area contributed by atoms with Gasteiger partial charge < -0.3 is 9.88 Å². The zero-order valence-corrected chi connectivity index (χ0v) is 18.1. The molecule has 1 aromatic carbocycles. The molecule has 9 heteroatoms. The second-order valence-electron chi connectivity index (χ2n) is 7.23. The van der Waals surface area contributed by atoms with Crippen molar-refractivity contribution in [3.63, 3.8) is 0 Å². The number of halogens is 4. The molecule has 5 nitrogen and oxygen atoms in total. The van der Waals surface area contributed by atoms with E-state index in [1.54, 1.807) is 6.08 Å². The van der Waals surface area contributed by atoms with Gasteiger partial charge in [0, 0.05) is 11.8 Å². The summed E-state index contributed by atoms with van der Waals surface area (Å²) in [5.41, 5.74) is 2.07. The molecule has 172 valence electrons. The number of imidazole rings is 1. The number of alkyl halides is 3. The zero-order chi connectivity index (χ0) is 24.0. The monoisotopic (exact) mass is 457 g/mol. The van der Waals surface area contributed by atoms with Gasteiger partial charge in [-0.3, -0.25) is 0 Å². The average Bonchev–Trinajstić information content (AvgIpc) is 3.16. The van der Waals surface area contributed by atoms with Crippen molar-refractivity contribution in [2.75, 3.05) is 5.32 Å². The molecule has 0 spiro atoms. The minimum Gasteiger partial charge on any atom is -0.348 e. The van der Waals surface area contributed by atoms with Crippen molar-refractivity contribution < 1.29 is 17.6 Å². The number of aromatic nitrogens is 4. The van der Waals surface area contributed by atoms with E-state index in [-0.39, 0.29) is 29.1 Å². The first-order valence-electron chi connectivity index (χ1n) is 10.1. The molecule has 0 fully saturated rings. The van der Waals surface area contributed by atoms with E-state index >= 15 is 0 Å². The van der Waals surface area contributed by atoms with Gasteiger partial charge in [-0.25, -0.2) is 19.3 Å². The molecule has 2 heterocycles. The molecule has 0 aliphatic carbocycles. The Kier molecular flexibility index (Phi) is 7.42. The Morgan fingerprint density at radius 3 is 2.55 bits per heavy atom. The Balaban J connectivity index is 2.04. The van der Waals surface area contributed by atoms with Crippen molar-refractivity contribution >= 4 is 5.95 Å². The lowest BCUT2D eigenvalue weighted by Crippen LogP contribution is -2.20. The van der Waals surface area contributed by atoms with Crippen LogP contribution in [-0.2, 0) is 6.54 Å². The van der Waals surface area contributed by atoms with Gasteiger partial charge in [0.1, 0.15) is 12.4 Å². The van der Waals surface area contributed by atoms with E-state index in [1.807, 2.05) is 32.1 Å². The van der Waals surface area contributed by atoms with Crippen LogP contribution in [0.4, 0.5) is 23.5 Å². The molecule has 0 radical (unpaired) electrons. The third-order valence-corrected chi connectivity index (χ3v) is 4.72. The highest BCUT2D eigenvalue weighted by Crippen LogP contribution is 2.32.